The number of ether oxygens (including phenoxy) is 2. The van der Waals surface area contributed by atoms with E-state index in [9.17, 15) is 4.79 Å². The van der Waals surface area contributed by atoms with Crippen LogP contribution in [0.3, 0.4) is 0 Å². The lowest BCUT2D eigenvalue weighted by atomic mass is 10.1. The van der Waals surface area contributed by atoms with Crippen molar-refractivity contribution < 1.29 is 18.7 Å². The van der Waals surface area contributed by atoms with Crippen LogP contribution >= 0.6 is 11.6 Å². The molecule has 0 saturated carbocycles. The molecule has 0 aliphatic rings. The van der Waals surface area contributed by atoms with Gasteiger partial charge in [-0.15, -0.1) is 0 Å². The minimum Gasteiger partial charge on any atom is -0.490 e. The van der Waals surface area contributed by atoms with Crippen molar-refractivity contribution in [3.63, 3.8) is 0 Å². The average Bonchev–Trinajstić information content (AvgIpc) is 3.35. The Morgan fingerprint density at radius 2 is 1.78 bits per heavy atom. The number of furan rings is 1. The number of hydrogen-bond acceptors (Lipinski definition) is 5. The van der Waals surface area contributed by atoms with Gasteiger partial charge in [-0.1, -0.05) is 54.1 Å². The van der Waals surface area contributed by atoms with Crippen molar-refractivity contribution in [1.82, 2.24) is 5.43 Å². The van der Waals surface area contributed by atoms with Crippen LogP contribution in [0.2, 0.25) is 5.02 Å². The molecule has 4 aromatic carbocycles. The summed E-state index contributed by atoms with van der Waals surface area (Å²) in [6.45, 7) is 2.77. The van der Waals surface area contributed by atoms with Crippen molar-refractivity contribution in [3.05, 3.63) is 107 Å². The summed E-state index contributed by atoms with van der Waals surface area (Å²) in [5.74, 6) is 0.965. The van der Waals surface area contributed by atoms with Gasteiger partial charge in [0.25, 0.3) is 0 Å². The molecule has 7 heteroatoms. The second-order valence-corrected chi connectivity index (χ2v) is 8.50. The van der Waals surface area contributed by atoms with Crippen molar-refractivity contribution in [3.8, 4) is 11.5 Å². The van der Waals surface area contributed by atoms with Crippen LogP contribution in [0.15, 0.2) is 94.4 Å². The summed E-state index contributed by atoms with van der Waals surface area (Å²) in [6, 6.07) is 26.5. The number of carbonyl (C=O) groups excluding carboxylic acids is 1. The molecule has 1 amide bonds. The summed E-state index contributed by atoms with van der Waals surface area (Å²) in [7, 11) is 0. The van der Waals surface area contributed by atoms with Crippen LogP contribution in [0.5, 0.6) is 11.5 Å². The molecule has 1 aromatic heterocycles. The molecule has 180 valence electrons. The standard InChI is InChI=1S/C29H23ClN2O4/c1-2-34-27-15-20(9-13-26(27)35-18-19-7-11-22(30)12-8-19)17-31-32-29(33)28-16-24-23-6-4-3-5-21(23)10-14-25(24)36-28/h3-17H,2,18H2,1H3,(H,32,33). The van der Waals surface area contributed by atoms with E-state index in [4.69, 9.17) is 25.5 Å². The zero-order valence-electron chi connectivity index (χ0n) is 19.5. The third-order valence-electron chi connectivity index (χ3n) is 5.60. The van der Waals surface area contributed by atoms with E-state index in [2.05, 4.69) is 10.5 Å². The van der Waals surface area contributed by atoms with Crippen LogP contribution in [0.1, 0.15) is 28.6 Å². The molecule has 1 N–H and O–H groups in total. The molecular weight excluding hydrogens is 476 g/mol. The Balaban J connectivity index is 1.27. The van der Waals surface area contributed by atoms with Gasteiger partial charge >= 0.3 is 5.91 Å². The first-order chi connectivity index (χ1) is 17.6. The quantitative estimate of drug-likeness (QED) is 0.185. The van der Waals surface area contributed by atoms with Crippen molar-refractivity contribution >= 4 is 45.5 Å². The van der Waals surface area contributed by atoms with E-state index in [-0.39, 0.29) is 5.76 Å². The fraction of sp³-hybridized carbons (Fsp3) is 0.103. The number of benzene rings is 4. The van der Waals surface area contributed by atoms with Gasteiger partial charge in [0.2, 0.25) is 0 Å². The topological polar surface area (TPSA) is 73.1 Å². The third kappa shape index (κ3) is 5.19. The molecular formula is C29H23ClN2O4. The molecule has 0 saturated heterocycles. The van der Waals surface area contributed by atoms with Crippen molar-refractivity contribution in [2.24, 2.45) is 5.10 Å². The molecule has 0 radical (unpaired) electrons. The Morgan fingerprint density at radius 1 is 0.944 bits per heavy atom. The highest BCUT2D eigenvalue weighted by Crippen LogP contribution is 2.30. The van der Waals surface area contributed by atoms with Gasteiger partial charge < -0.3 is 13.9 Å². The Labute approximate surface area is 213 Å². The molecule has 0 atom stereocenters. The number of nitrogens with zero attached hydrogens (tertiary/aromatic N) is 1. The van der Waals surface area contributed by atoms with Crippen LogP contribution < -0.4 is 14.9 Å². The fourth-order valence-corrected chi connectivity index (χ4v) is 3.99. The van der Waals surface area contributed by atoms with Gasteiger partial charge in [-0.25, -0.2) is 5.43 Å². The number of hydrogen-bond donors (Lipinski definition) is 1. The van der Waals surface area contributed by atoms with Crippen LogP contribution in [0.4, 0.5) is 0 Å². The maximum Gasteiger partial charge on any atom is 0.307 e. The molecule has 36 heavy (non-hydrogen) atoms. The molecule has 1 heterocycles. The average molecular weight is 499 g/mol. The maximum atomic E-state index is 12.6. The molecule has 6 nitrogen and oxygen atoms in total. The Bertz CT molecular complexity index is 1560. The van der Waals surface area contributed by atoms with Gasteiger partial charge in [0.15, 0.2) is 17.3 Å². The lowest BCUT2D eigenvalue weighted by Gasteiger charge is -2.12. The second-order valence-electron chi connectivity index (χ2n) is 8.06. The van der Waals surface area contributed by atoms with E-state index in [0.717, 1.165) is 27.3 Å². The molecule has 0 spiro atoms. The van der Waals surface area contributed by atoms with Gasteiger partial charge in [0.05, 0.1) is 12.8 Å². The fourth-order valence-electron chi connectivity index (χ4n) is 3.86. The van der Waals surface area contributed by atoms with Gasteiger partial charge in [0.1, 0.15) is 12.2 Å². The highest BCUT2D eigenvalue weighted by atomic mass is 35.5. The predicted octanol–water partition coefficient (Wildman–Crippen LogP) is 6.98. The Kier molecular flexibility index (Phi) is 6.87. The summed E-state index contributed by atoms with van der Waals surface area (Å²) in [5.41, 5.74) is 4.92. The molecule has 0 aliphatic heterocycles. The number of nitrogens with one attached hydrogen (secondary N) is 1. The molecule has 5 rings (SSSR count). The molecule has 0 bridgehead atoms. The summed E-state index contributed by atoms with van der Waals surface area (Å²) in [6.07, 6.45) is 1.54. The van der Waals surface area contributed by atoms with Crippen molar-refractivity contribution in [2.45, 2.75) is 13.5 Å². The van der Waals surface area contributed by atoms with E-state index in [1.54, 1.807) is 12.3 Å². The van der Waals surface area contributed by atoms with E-state index in [1.807, 2.05) is 85.8 Å². The number of halogens is 1. The van der Waals surface area contributed by atoms with Crippen LogP contribution in [0.25, 0.3) is 21.7 Å². The predicted molar refractivity (Wildman–Crippen MR) is 142 cm³/mol. The van der Waals surface area contributed by atoms with Gasteiger partial charge in [-0.2, -0.15) is 5.10 Å². The minimum atomic E-state index is -0.431. The lowest BCUT2D eigenvalue weighted by molar-refractivity contribution is 0.0929. The summed E-state index contributed by atoms with van der Waals surface area (Å²) >= 11 is 5.94. The van der Waals surface area contributed by atoms with Crippen LogP contribution in [0, 0.1) is 0 Å². The summed E-state index contributed by atoms with van der Waals surface area (Å²) in [4.78, 5) is 12.6. The smallest absolute Gasteiger partial charge is 0.307 e. The maximum absolute atomic E-state index is 12.6. The number of fused-ring (bicyclic) bond motifs is 3. The second kappa shape index (κ2) is 10.5. The van der Waals surface area contributed by atoms with Crippen molar-refractivity contribution in [1.29, 1.82) is 0 Å². The van der Waals surface area contributed by atoms with Gasteiger partial charge in [-0.05, 0) is 71.3 Å². The first-order valence-corrected chi connectivity index (χ1v) is 11.9. The number of hydrazone groups is 1. The first-order valence-electron chi connectivity index (χ1n) is 11.5. The molecule has 5 aromatic rings. The monoisotopic (exact) mass is 498 g/mol. The lowest BCUT2D eigenvalue weighted by Crippen LogP contribution is -2.16. The SMILES string of the molecule is CCOc1cc(C=NNC(=O)c2cc3c(ccc4ccccc43)o2)ccc1OCc1ccc(Cl)cc1. The third-order valence-corrected chi connectivity index (χ3v) is 5.86. The first kappa shape index (κ1) is 23.5. The van der Waals surface area contributed by atoms with E-state index in [1.165, 1.54) is 0 Å². The largest absolute Gasteiger partial charge is 0.490 e. The molecule has 0 fully saturated rings. The summed E-state index contributed by atoms with van der Waals surface area (Å²) in [5, 5.41) is 7.77. The minimum absolute atomic E-state index is 0.194. The molecule has 0 aliphatic carbocycles. The van der Waals surface area contributed by atoms with Gasteiger partial charge in [-0.3, -0.25) is 4.79 Å². The van der Waals surface area contributed by atoms with Crippen molar-refractivity contribution in [2.75, 3.05) is 6.61 Å². The number of rotatable bonds is 8. The normalized spacial score (nSPS) is 11.3. The Morgan fingerprint density at radius 3 is 2.61 bits per heavy atom. The number of amides is 1. The van der Waals surface area contributed by atoms with Crippen LogP contribution in [-0.4, -0.2) is 18.7 Å². The Hall–Kier alpha value is -4.29. The van der Waals surface area contributed by atoms with Crippen LogP contribution in [-0.2, 0) is 6.61 Å². The zero-order chi connectivity index (χ0) is 24.9. The highest BCUT2D eigenvalue weighted by molar-refractivity contribution is 6.30. The van der Waals surface area contributed by atoms with E-state index in [0.29, 0.717) is 35.3 Å². The zero-order valence-corrected chi connectivity index (χ0v) is 20.3. The molecule has 0 unspecified atom stereocenters. The highest BCUT2D eigenvalue weighted by Gasteiger charge is 2.13. The summed E-state index contributed by atoms with van der Waals surface area (Å²) < 4.78 is 17.4. The van der Waals surface area contributed by atoms with E-state index < -0.39 is 5.91 Å². The number of carbonyl (C=O) groups is 1. The van der Waals surface area contributed by atoms with E-state index >= 15 is 0 Å². The van der Waals surface area contributed by atoms with Gasteiger partial charge in [0, 0.05) is 10.4 Å².